The zero-order valence-corrected chi connectivity index (χ0v) is 20.9. The first-order chi connectivity index (χ1) is 18.3. The Balaban J connectivity index is 1.43. The molecule has 3 aromatic carbocycles. The Morgan fingerprint density at radius 1 is 0.649 bits per heavy atom. The van der Waals surface area contributed by atoms with Crippen LogP contribution in [0.1, 0.15) is 35.9 Å². The van der Waals surface area contributed by atoms with E-state index in [-0.39, 0.29) is 0 Å². The van der Waals surface area contributed by atoms with Crippen molar-refractivity contribution >= 4 is 5.70 Å². The lowest BCUT2D eigenvalue weighted by Gasteiger charge is -2.31. The Hall–Kier alpha value is -4.30. The van der Waals surface area contributed by atoms with Crippen molar-refractivity contribution in [3.05, 3.63) is 139 Å². The van der Waals surface area contributed by atoms with Gasteiger partial charge in [0.15, 0.2) is 24.1 Å². The second-order valence-electron chi connectivity index (χ2n) is 10.3. The zero-order valence-electron chi connectivity index (χ0n) is 20.9. The Bertz CT molecular complexity index is 1630. The maximum Gasteiger partial charge on any atom is 0.218 e. The molecule has 0 saturated carbocycles. The van der Waals surface area contributed by atoms with Crippen molar-refractivity contribution in [2.24, 2.45) is 0 Å². The number of nitrogens with zero attached hydrogens (tertiary/aromatic N) is 2. The molecule has 0 N–H and O–H groups in total. The van der Waals surface area contributed by atoms with E-state index < -0.39 is 0 Å². The first-order valence-electron chi connectivity index (χ1n) is 13.2. The first kappa shape index (κ1) is 21.9. The summed E-state index contributed by atoms with van der Waals surface area (Å²) in [6.45, 7) is 4.71. The molecule has 0 radical (unpaired) electrons. The largest absolute Gasteiger partial charge is 0.218 e. The molecule has 0 bridgehead atoms. The van der Waals surface area contributed by atoms with Crippen LogP contribution >= 0.6 is 0 Å². The lowest BCUT2D eigenvalue weighted by atomic mass is 9.77. The predicted octanol–water partition coefficient (Wildman–Crippen LogP) is 7.41. The molecule has 0 saturated heterocycles. The Morgan fingerprint density at radius 2 is 1.41 bits per heavy atom. The van der Waals surface area contributed by atoms with Gasteiger partial charge < -0.3 is 0 Å². The van der Waals surface area contributed by atoms with E-state index in [1.54, 1.807) is 0 Å². The monoisotopic (exact) mass is 478 g/mol. The van der Waals surface area contributed by atoms with Crippen molar-refractivity contribution in [2.45, 2.75) is 31.2 Å². The number of aryl methyl sites for hydroxylation is 1. The molecule has 2 atom stereocenters. The summed E-state index contributed by atoms with van der Waals surface area (Å²) in [5, 5.41) is 0. The van der Waals surface area contributed by atoms with Gasteiger partial charge in [0.25, 0.3) is 0 Å². The minimum Gasteiger partial charge on any atom is -0.194 e. The van der Waals surface area contributed by atoms with Crippen molar-refractivity contribution in [3.8, 4) is 33.6 Å². The molecule has 2 nitrogen and oxygen atoms in total. The lowest BCUT2D eigenvalue weighted by molar-refractivity contribution is -0.720. The molecule has 5 aromatic rings. The van der Waals surface area contributed by atoms with Gasteiger partial charge in [-0.05, 0) is 60.4 Å². The SMILES string of the molecule is C=C1CC2C(CCc3ccccc3-c3ccc(-c4ccccc4)c[n+]31)c1ccccc1-c1cccc[n+]12. The van der Waals surface area contributed by atoms with Gasteiger partial charge in [-0.1, -0.05) is 66.7 Å². The highest BCUT2D eigenvalue weighted by molar-refractivity contribution is 5.68. The summed E-state index contributed by atoms with van der Waals surface area (Å²) in [6, 6.07) is 40.0. The molecule has 178 valence electrons. The maximum absolute atomic E-state index is 4.71. The van der Waals surface area contributed by atoms with Gasteiger partial charge in [0.2, 0.25) is 11.4 Å². The third-order valence-corrected chi connectivity index (χ3v) is 8.21. The lowest BCUT2D eigenvalue weighted by Crippen LogP contribution is -2.49. The summed E-state index contributed by atoms with van der Waals surface area (Å²) in [7, 11) is 0. The Kier molecular flexibility index (Phi) is 5.32. The Labute approximate surface area is 218 Å². The summed E-state index contributed by atoms with van der Waals surface area (Å²) < 4.78 is 4.86. The minimum absolute atomic E-state index is 0.310. The average Bonchev–Trinajstić information content (AvgIpc) is 2.97. The van der Waals surface area contributed by atoms with Gasteiger partial charge in [0, 0.05) is 40.8 Å². The van der Waals surface area contributed by atoms with E-state index in [0.717, 1.165) is 25.0 Å². The maximum atomic E-state index is 4.71. The summed E-state index contributed by atoms with van der Waals surface area (Å²) >= 11 is 0. The fourth-order valence-corrected chi connectivity index (χ4v) is 6.44. The number of pyridine rings is 2. The normalized spacial score (nSPS) is 18.0. The molecule has 0 aliphatic carbocycles. The molecule has 2 aromatic heterocycles. The van der Waals surface area contributed by atoms with Crippen molar-refractivity contribution in [1.82, 2.24) is 0 Å². The number of aromatic nitrogens is 2. The van der Waals surface area contributed by atoms with Crippen molar-refractivity contribution in [1.29, 1.82) is 0 Å². The highest BCUT2D eigenvalue weighted by Gasteiger charge is 2.42. The van der Waals surface area contributed by atoms with E-state index in [0.29, 0.717) is 12.0 Å². The molecule has 0 amide bonds. The van der Waals surface area contributed by atoms with Crippen LogP contribution in [0.5, 0.6) is 0 Å². The molecule has 0 spiro atoms. The van der Waals surface area contributed by atoms with Crippen LogP contribution in [0.2, 0.25) is 0 Å². The fraction of sp³-hybridized carbons (Fsp3) is 0.143. The van der Waals surface area contributed by atoms with Gasteiger partial charge in [-0.3, -0.25) is 0 Å². The zero-order chi connectivity index (χ0) is 24.8. The number of rotatable bonds is 1. The summed E-state index contributed by atoms with van der Waals surface area (Å²) in [4.78, 5) is 0. The van der Waals surface area contributed by atoms with Crippen LogP contribution in [0.3, 0.4) is 0 Å². The van der Waals surface area contributed by atoms with Crippen molar-refractivity contribution in [3.63, 3.8) is 0 Å². The van der Waals surface area contributed by atoms with Gasteiger partial charge >= 0.3 is 0 Å². The van der Waals surface area contributed by atoms with E-state index in [1.807, 2.05) is 0 Å². The van der Waals surface area contributed by atoms with Crippen LogP contribution in [0.15, 0.2) is 128 Å². The minimum atomic E-state index is 0.310. The van der Waals surface area contributed by atoms with Crippen LogP contribution in [0, 0.1) is 0 Å². The van der Waals surface area contributed by atoms with E-state index in [2.05, 4.69) is 131 Å². The van der Waals surface area contributed by atoms with Crippen LogP contribution in [0.25, 0.3) is 39.3 Å². The summed E-state index contributed by atoms with van der Waals surface area (Å²) in [5.41, 5.74) is 11.6. The molecular formula is C35H30N2+2. The third-order valence-electron chi connectivity index (χ3n) is 8.21. The third kappa shape index (κ3) is 3.72. The molecule has 2 unspecified atom stereocenters. The van der Waals surface area contributed by atoms with Crippen LogP contribution in [-0.4, -0.2) is 0 Å². The van der Waals surface area contributed by atoms with Crippen molar-refractivity contribution < 1.29 is 9.13 Å². The molecular weight excluding hydrogens is 448 g/mol. The molecule has 2 aliphatic heterocycles. The van der Waals surface area contributed by atoms with Gasteiger partial charge in [-0.25, -0.2) is 0 Å². The highest BCUT2D eigenvalue weighted by Crippen LogP contribution is 2.43. The van der Waals surface area contributed by atoms with E-state index >= 15 is 0 Å². The fourth-order valence-electron chi connectivity index (χ4n) is 6.44. The highest BCUT2D eigenvalue weighted by atomic mass is 15.0. The topological polar surface area (TPSA) is 7.76 Å². The summed E-state index contributed by atoms with van der Waals surface area (Å²) in [5.74, 6) is 0.417. The van der Waals surface area contributed by atoms with Crippen LogP contribution in [0.4, 0.5) is 0 Å². The van der Waals surface area contributed by atoms with Crippen LogP contribution in [-0.2, 0) is 6.42 Å². The van der Waals surface area contributed by atoms with E-state index in [4.69, 9.17) is 6.58 Å². The second kappa shape index (κ2) is 8.97. The Morgan fingerprint density at radius 3 is 2.30 bits per heavy atom. The molecule has 2 aliphatic rings. The number of fused-ring (bicyclic) bond motifs is 9. The smallest absolute Gasteiger partial charge is 0.194 e. The molecule has 2 heteroatoms. The quantitative estimate of drug-likeness (QED) is 0.222. The summed E-state index contributed by atoms with van der Waals surface area (Å²) in [6.07, 6.45) is 7.59. The molecule has 7 rings (SSSR count). The van der Waals surface area contributed by atoms with Gasteiger partial charge in [-0.15, -0.1) is 0 Å². The van der Waals surface area contributed by atoms with Gasteiger partial charge in [0.05, 0.1) is 6.42 Å². The molecule has 4 heterocycles. The number of hydrogen-bond donors (Lipinski definition) is 0. The van der Waals surface area contributed by atoms with Gasteiger partial charge in [-0.2, -0.15) is 9.13 Å². The second-order valence-corrected chi connectivity index (χ2v) is 10.3. The molecule has 37 heavy (non-hydrogen) atoms. The van der Waals surface area contributed by atoms with Crippen molar-refractivity contribution in [2.75, 3.05) is 0 Å². The number of benzene rings is 3. The standard InChI is InChI=1S/C35H30N2/c1-25-23-35-32(30-15-7-8-16-31(30)33-17-9-10-22-36(33)35)20-18-27-13-5-6-14-29(27)34-21-19-28(24-37(25)34)26-11-3-2-4-12-26/h2-17,19,21-22,24,32,35H,1,18,20,23H2/q+2. The number of allylic oxidation sites excluding steroid dienone is 1. The van der Waals surface area contributed by atoms with E-state index in [1.165, 1.54) is 44.8 Å². The van der Waals surface area contributed by atoms with E-state index in [9.17, 15) is 0 Å². The average molecular weight is 479 g/mol. The first-order valence-corrected chi connectivity index (χ1v) is 13.2. The molecule has 0 fully saturated rings. The number of hydrogen-bond acceptors (Lipinski definition) is 0. The predicted molar refractivity (Wildman–Crippen MR) is 150 cm³/mol. The van der Waals surface area contributed by atoms with Crippen LogP contribution < -0.4 is 9.13 Å². The van der Waals surface area contributed by atoms with Gasteiger partial charge in [0.1, 0.15) is 0 Å².